The Balaban J connectivity index is 1.99. The molecule has 0 unspecified atom stereocenters. The Labute approximate surface area is 92.9 Å². The molecular formula is C10H11ClN4. The van der Waals surface area contributed by atoms with Crippen LogP contribution in [0.2, 0.25) is 5.02 Å². The van der Waals surface area contributed by atoms with E-state index >= 15 is 0 Å². The van der Waals surface area contributed by atoms with Crippen molar-refractivity contribution in [1.29, 1.82) is 0 Å². The van der Waals surface area contributed by atoms with Gasteiger partial charge in [0, 0.05) is 17.8 Å². The molecular weight excluding hydrogens is 212 g/mol. The van der Waals surface area contributed by atoms with Gasteiger partial charge in [-0.05, 0) is 24.3 Å². The van der Waals surface area contributed by atoms with Crippen molar-refractivity contribution < 1.29 is 0 Å². The number of hydrogen-bond donors (Lipinski definition) is 1. The smallest absolute Gasteiger partial charge is 0.151 e. The molecule has 0 spiro atoms. The second-order valence-corrected chi connectivity index (χ2v) is 3.65. The van der Waals surface area contributed by atoms with Crippen LogP contribution in [0.15, 0.2) is 30.6 Å². The molecule has 2 rings (SSSR count). The van der Waals surface area contributed by atoms with Gasteiger partial charge in [0.1, 0.15) is 6.33 Å². The van der Waals surface area contributed by atoms with Crippen LogP contribution in [-0.4, -0.2) is 14.8 Å². The largest absolute Gasteiger partial charge is 0.378 e. The Morgan fingerprint density at radius 3 is 2.67 bits per heavy atom. The molecule has 0 aliphatic carbocycles. The van der Waals surface area contributed by atoms with Crippen LogP contribution < -0.4 is 5.32 Å². The fourth-order valence-corrected chi connectivity index (χ4v) is 1.34. The number of aromatic nitrogens is 3. The van der Waals surface area contributed by atoms with Crippen molar-refractivity contribution in [3.05, 3.63) is 41.4 Å². The van der Waals surface area contributed by atoms with Gasteiger partial charge in [-0.2, -0.15) is 0 Å². The molecule has 5 heteroatoms. The summed E-state index contributed by atoms with van der Waals surface area (Å²) in [5.41, 5.74) is 1.02. The SMILES string of the molecule is Cn1cnnc1CNc1ccc(Cl)cc1. The predicted molar refractivity (Wildman–Crippen MR) is 59.8 cm³/mol. The maximum Gasteiger partial charge on any atom is 0.151 e. The highest BCUT2D eigenvalue weighted by Crippen LogP contribution is 2.13. The molecule has 4 nitrogen and oxygen atoms in total. The van der Waals surface area contributed by atoms with Crippen molar-refractivity contribution in [3.8, 4) is 0 Å². The summed E-state index contributed by atoms with van der Waals surface area (Å²) in [6.45, 7) is 0.651. The number of halogens is 1. The Hall–Kier alpha value is -1.55. The summed E-state index contributed by atoms with van der Waals surface area (Å²) in [5.74, 6) is 0.893. The lowest BCUT2D eigenvalue weighted by Crippen LogP contribution is -2.05. The summed E-state index contributed by atoms with van der Waals surface area (Å²) in [5, 5.41) is 11.7. The third kappa shape index (κ3) is 2.47. The van der Waals surface area contributed by atoms with Crippen molar-refractivity contribution in [3.63, 3.8) is 0 Å². The molecule has 0 aliphatic rings. The van der Waals surface area contributed by atoms with Gasteiger partial charge in [0.25, 0.3) is 0 Å². The fourth-order valence-electron chi connectivity index (χ4n) is 1.22. The van der Waals surface area contributed by atoms with Crippen LogP contribution in [0, 0.1) is 0 Å². The minimum atomic E-state index is 0.651. The zero-order chi connectivity index (χ0) is 10.7. The standard InChI is InChI=1S/C10H11ClN4/c1-15-7-13-14-10(15)6-12-9-4-2-8(11)3-5-9/h2-5,7,12H,6H2,1H3. The van der Waals surface area contributed by atoms with Gasteiger partial charge in [0.15, 0.2) is 5.82 Å². The lowest BCUT2D eigenvalue weighted by molar-refractivity contribution is 0.812. The number of aryl methyl sites for hydroxylation is 1. The van der Waals surface area contributed by atoms with Gasteiger partial charge in [-0.3, -0.25) is 0 Å². The summed E-state index contributed by atoms with van der Waals surface area (Å²) in [6, 6.07) is 7.55. The molecule has 0 bridgehead atoms. The monoisotopic (exact) mass is 222 g/mol. The van der Waals surface area contributed by atoms with Gasteiger partial charge in [-0.15, -0.1) is 10.2 Å². The normalized spacial score (nSPS) is 10.3. The van der Waals surface area contributed by atoms with Crippen molar-refractivity contribution in [1.82, 2.24) is 14.8 Å². The van der Waals surface area contributed by atoms with Crippen LogP contribution in [0.3, 0.4) is 0 Å². The molecule has 0 radical (unpaired) electrons. The zero-order valence-corrected chi connectivity index (χ0v) is 9.07. The highest BCUT2D eigenvalue weighted by atomic mass is 35.5. The summed E-state index contributed by atoms with van der Waals surface area (Å²) in [6.07, 6.45) is 1.68. The van der Waals surface area contributed by atoms with Gasteiger partial charge in [0.05, 0.1) is 6.54 Å². The molecule has 1 aromatic carbocycles. The molecule has 0 amide bonds. The first-order valence-electron chi connectivity index (χ1n) is 4.58. The third-order valence-corrected chi connectivity index (χ3v) is 2.35. The topological polar surface area (TPSA) is 42.7 Å². The van der Waals surface area contributed by atoms with Gasteiger partial charge >= 0.3 is 0 Å². The molecule has 1 heterocycles. The highest BCUT2D eigenvalue weighted by molar-refractivity contribution is 6.30. The van der Waals surface area contributed by atoms with Crippen LogP contribution in [0.25, 0.3) is 0 Å². The molecule has 78 valence electrons. The highest BCUT2D eigenvalue weighted by Gasteiger charge is 1.99. The van der Waals surface area contributed by atoms with Crippen LogP contribution in [-0.2, 0) is 13.6 Å². The van der Waals surface area contributed by atoms with Crippen molar-refractivity contribution >= 4 is 17.3 Å². The van der Waals surface area contributed by atoms with Gasteiger partial charge in [-0.25, -0.2) is 0 Å². The Morgan fingerprint density at radius 1 is 1.33 bits per heavy atom. The van der Waals surface area contributed by atoms with Crippen LogP contribution in [0.5, 0.6) is 0 Å². The third-order valence-electron chi connectivity index (χ3n) is 2.10. The molecule has 15 heavy (non-hydrogen) atoms. The Kier molecular flexibility index (Phi) is 2.87. The van der Waals surface area contributed by atoms with Crippen molar-refractivity contribution in [2.24, 2.45) is 7.05 Å². The van der Waals surface area contributed by atoms with E-state index in [1.165, 1.54) is 0 Å². The minimum absolute atomic E-state index is 0.651. The quantitative estimate of drug-likeness (QED) is 0.865. The minimum Gasteiger partial charge on any atom is -0.378 e. The first kappa shape index (κ1) is 9.98. The number of nitrogens with one attached hydrogen (secondary N) is 1. The van der Waals surface area contributed by atoms with Gasteiger partial charge < -0.3 is 9.88 Å². The Bertz CT molecular complexity index is 435. The molecule has 0 aliphatic heterocycles. The molecule has 1 N–H and O–H groups in total. The summed E-state index contributed by atoms with van der Waals surface area (Å²) >= 11 is 5.78. The first-order chi connectivity index (χ1) is 7.25. The lowest BCUT2D eigenvalue weighted by atomic mass is 10.3. The van der Waals surface area contributed by atoms with E-state index in [1.54, 1.807) is 6.33 Å². The van der Waals surface area contributed by atoms with E-state index in [1.807, 2.05) is 35.9 Å². The van der Waals surface area contributed by atoms with E-state index in [0.717, 1.165) is 16.5 Å². The summed E-state index contributed by atoms with van der Waals surface area (Å²) in [7, 11) is 1.92. The average molecular weight is 223 g/mol. The van der Waals surface area contributed by atoms with Crippen LogP contribution in [0.1, 0.15) is 5.82 Å². The molecule has 0 saturated carbocycles. The molecule has 0 saturated heterocycles. The van der Waals surface area contributed by atoms with Gasteiger partial charge in [0.2, 0.25) is 0 Å². The second-order valence-electron chi connectivity index (χ2n) is 3.22. The zero-order valence-electron chi connectivity index (χ0n) is 8.31. The molecule has 0 fully saturated rings. The second kappa shape index (κ2) is 4.31. The Morgan fingerprint density at radius 2 is 2.07 bits per heavy atom. The number of nitrogens with zero attached hydrogens (tertiary/aromatic N) is 3. The summed E-state index contributed by atoms with van der Waals surface area (Å²) in [4.78, 5) is 0. The van der Waals surface area contributed by atoms with Crippen LogP contribution >= 0.6 is 11.6 Å². The molecule has 0 atom stereocenters. The van der Waals surface area contributed by atoms with Crippen molar-refractivity contribution in [2.75, 3.05) is 5.32 Å². The number of hydrogen-bond acceptors (Lipinski definition) is 3. The van der Waals surface area contributed by atoms with Crippen molar-refractivity contribution in [2.45, 2.75) is 6.54 Å². The number of rotatable bonds is 3. The summed E-state index contributed by atoms with van der Waals surface area (Å²) < 4.78 is 1.88. The van der Waals surface area contributed by atoms with Gasteiger partial charge in [-0.1, -0.05) is 11.6 Å². The van der Waals surface area contributed by atoms with E-state index < -0.39 is 0 Å². The number of anilines is 1. The van der Waals surface area contributed by atoms with E-state index in [9.17, 15) is 0 Å². The first-order valence-corrected chi connectivity index (χ1v) is 4.96. The maximum atomic E-state index is 5.78. The fraction of sp³-hybridized carbons (Fsp3) is 0.200. The van der Waals surface area contributed by atoms with Crippen LogP contribution in [0.4, 0.5) is 5.69 Å². The lowest BCUT2D eigenvalue weighted by Gasteiger charge is -2.05. The number of benzene rings is 1. The van der Waals surface area contributed by atoms with E-state index in [2.05, 4.69) is 15.5 Å². The van der Waals surface area contributed by atoms with E-state index in [4.69, 9.17) is 11.6 Å². The average Bonchev–Trinajstić information content (AvgIpc) is 2.63. The maximum absolute atomic E-state index is 5.78. The van der Waals surface area contributed by atoms with E-state index in [0.29, 0.717) is 6.54 Å². The predicted octanol–water partition coefficient (Wildman–Crippen LogP) is 2.08. The molecule has 1 aromatic heterocycles. The van der Waals surface area contributed by atoms with E-state index in [-0.39, 0.29) is 0 Å². The molecule has 2 aromatic rings.